The Morgan fingerprint density at radius 3 is 1.21 bits per heavy atom. The number of nitrogens with zero attached hydrogens (tertiary/aromatic N) is 1. The Morgan fingerprint density at radius 2 is 0.884 bits per heavy atom. The standard InChI is InChI=1S/C36H67NO6/c1-5-6-7-8-9-10-11-12-13-14-15-16-17-18-19-20-21-22-23-24-25-26-27-37(28-31(2)34(38)39,29-32(3)35(40)41)30-33(4)36(42)43/h25-26,31-33H,5-24,27-30H2,1-4H3,(H2-,38,39,40,41,42,43)/b26-25+. The second-order valence-corrected chi connectivity index (χ2v) is 13.4. The van der Waals surface area contributed by atoms with Gasteiger partial charge in [0.15, 0.2) is 0 Å². The molecule has 0 aliphatic heterocycles. The van der Waals surface area contributed by atoms with Crippen molar-refractivity contribution in [3.63, 3.8) is 0 Å². The molecule has 7 nitrogen and oxygen atoms in total. The number of carboxylic acids is 3. The maximum atomic E-state index is 11.6. The van der Waals surface area contributed by atoms with Gasteiger partial charge >= 0.3 is 11.9 Å². The van der Waals surface area contributed by atoms with Crippen molar-refractivity contribution in [2.24, 2.45) is 17.8 Å². The number of hydrogen-bond donors (Lipinski definition) is 2. The van der Waals surface area contributed by atoms with Crippen LogP contribution in [0.25, 0.3) is 0 Å². The average Bonchev–Trinajstić information content (AvgIpc) is 2.95. The first-order chi connectivity index (χ1) is 20.5. The van der Waals surface area contributed by atoms with Gasteiger partial charge in [-0.3, -0.25) is 9.59 Å². The molecule has 0 heterocycles. The second kappa shape index (κ2) is 26.5. The average molecular weight is 610 g/mol. The summed E-state index contributed by atoms with van der Waals surface area (Å²) >= 11 is 0. The van der Waals surface area contributed by atoms with E-state index in [-0.39, 0.29) is 24.1 Å². The van der Waals surface area contributed by atoms with Crippen molar-refractivity contribution in [2.75, 3.05) is 26.2 Å². The number of rotatable bonds is 31. The van der Waals surface area contributed by atoms with Crippen LogP contribution in [0.15, 0.2) is 12.2 Å². The highest BCUT2D eigenvalue weighted by atomic mass is 16.4. The molecule has 3 unspecified atom stereocenters. The molecule has 0 aliphatic rings. The SMILES string of the molecule is CCCCCCCCCCCCCCCCCCCCC/C=C/C[N+](CC(C)C(=O)[O-])(CC(C)C(=O)O)CC(C)C(=O)O. The maximum absolute atomic E-state index is 11.6. The molecule has 3 atom stereocenters. The van der Waals surface area contributed by atoms with Crippen LogP contribution in [0.5, 0.6) is 0 Å². The van der Waals surface area contributed by atoms with E-state index >= 15 is 0 Å². The molecule has 0 aromatic heterocycles. The fraction of sp³-hybridized carbons (Fsp3) is 0.861. The number of unbranched alkanes of at least 4 members (excludes halogenated alkanes) is 19. The fourth-order valence-corrected chi connectivity index (χ4v) is 6.18. The van der Waals surface area contributed by atoms with E-state index in [2.05, 4.69) is 13.0 Å². The van der Waals surface area contributed by atoms with Gasteiger partial charge in [-0.1, -0.05) is 135 Å². The highest BCUT2D eigenvalue weighted by molar-refractivity contribution is 5.70. The van der Waals surface area contributed by atoms with E-state index in [0.717, 1.165) is 12.8 Å². The smallest absolute Gasteiger partial charge is 0.311 e. The van der Waals surface area contributed by atoms with Crippen LogP contribution in [0, 0.1) is 17.8 Å². The van der Waals surface area contributed by atoms with E-state index in [1.807, 2.05) is 6.08 Å². The summed E-state index contributed by atoms with van der Waals surface area (Å²) in [5.41, 5.74) is 0. The highest BCUT2D eigenvalue weighted by Crippen LogP contribution is 2.21. The molecule has 0 fully saturated rings. The van der Waals surface area contributed by atoms with Gasteiger partial charge in [-0.25, -0.2) is 0 Å². The van der Waals surface area contributed by atoms with Crippen molar-refractivity contribution in [1.29, 1.82) is 0 Å². The van der Waals surface area contributed by atoms with Gasteiger partial charge in [0.05, 0.1) is 26.2 Å². The molecule has 0 spiro atoms. The van der Waals surface area contributed by atoms with Crippen LogP contribution in [0.2, 0.25) is 0 Å². The minimum Gasteiger partial charge on any atom is -0.550 e. The molecular weight excluding hydrogens is 542 g/mol. The summed E-state index contributed by atoms with van der Waals surface area (Å²) in [6, 6.07) is 0. The minimum atomic E-state index is -1.20. The number of carbonyl (C=O) groups is 3. The third-order valence-corrected chi connectivity index (χ3v) is 8.86. The number of carboxylic acid groups (broad SMARTS) is 3. The van der Waals surface area contributed by atoms with Gasteiger partial charge in [-0.15, -0.1) is 0 Å². The number of quaternary nitrogens is 1. The zero-order chi connectivity index (χ0) is 32.3. The molecule has 0 aromatic rings. The quantitative estimate of drug-likeness (QED) is 0.0467. The van der Waals surface area contributed by atoms with Gasteiger partial charge in [0, 0.05) is 11.9 Å². The van der Waals surface area contributed by atoms with Gasteiger partial charge in [0.2, 0.25) is 0 Å². The Morgan fingerprint density at radius 1 is 0.558 bits per heavy atom. The largest absolute Gasteiger partial charge is 0.550 e. The zero-order valence-corrected chi connectivity index (χ0v) is 28.3. The Hall–Kier alpha value is -1.89. The van der Waals surface area contributed by atoms with Crippen LogP contribution in [0.1, 0.15) is 156 Å². The van der Waals surface area contributed by atoms with E-state index < -0.39 is 35.7 Å². The van der Waals surface area contributed by atoms with Gasteiger partial charge in [-0.2, -0.15) is 0 Å². The van der Waals surface area contributed by atoms with Crippen LogP contribution in [0.4, 0.5) is 0 Å². The van der Waals surface area contributed by atoms with E-state index in [9.17, 15) is 29.7 Å². The molecule has 0 saturated heterocycles. The Kier molecular flexibility index (Phi) is 25.3. The molecule has 0 rings (SSSR count). The number of hydrogen-bond acceptors (Lipinski definition) is 4. The molecule has 0 bridgehead atoms. The van der Waals surface area contributed by atoms with Crippen molar-refractivity contribution >= 4 is 17.9 Å². The zero-order valence-electron chi connectivity index (χ0n) is 28.3. The highest BCUT2D eigenvalue weighted by Gasteiger charge is 2.36. The molecule has 2 N–H and O–H groups in total. The van der Waals surface area contributed by atoms with E-state index in [0.29, 0.717) is 6.54 Å². The second-order valence-electron chi connectivity index (χ2n) is 13.4. The molecule has 0 aliphatic carbocycles. The summed E-state index contributed by atoms with van der Waals surface area (Å²) in [6.45, 7) is 7.90. The number of aliphatic carboxylic acids is 3. The normalized spacial score (nSPS) is 15.3. The van der Waals surface area contributed by atoms with Gasteiger partial charge in [0.25, 0.3) is 0 Å². The monoisotopic (exact) mass is 609 g/mol. The molecule has 0 amide bonds. The van der Waals surface area contributed by atoms with Crippen molar-refractivity contribution < 1.29 is 34.2 Å². The summed E-state index contributed by atoms with van der Waals surface area (Å²) in [5.74, 6) is -5.39. The summed E-state index contributed by atoms with van der Waals surface area (Å²) in [4.78, 5) is 34.7. The molecule has 7 heteroatoms. The van der Waals surface area contributed by atoms with E-state index in [1.54, 1.807) is 20.8 Å². The predicted octanol–water partition coefficient (Wildman–Crippen LogP) is 8.01. The lowest BCUT2D eigenvalue weighted by Gasteiger charge is -2.42. The Labute approximate surface area is 264 Å². The summed E-state index contributed by atoms with van der Waals surface area (Å²) in [5, 5.41) is 30.5. The molecule has 252 valence electrons. The lowest BCUT2D eigenvalue weighted by molar-refractivity contribution is -0.929. The molecule has 0 saturated carbocycles. The van der Waals surface area contributed by atoms with E-state index in [1.165, 1.54) is 116 Å². The summed E-state index contributed by atoms with van der Waals surface area (Å²) < 4.78 is 0.103. The molecule has 43 heavy (non-hydrogen) atoms. The number of carbonyl (C=O) groups excluding carboxylic acids is 1. The molecule has 0 radical (unpaired) electrons. The first-order valence-electron chi connectivity index (χ1n) is 17.7. The van der Waals surface area contributed by atoms with Crippen LogP contribution < -0.4 is 5.11 Å². The van der Waals surface area contributed by atoms with Crippen LogP contribution >= 0.6 is 0 Å². The number of allylic oxidation sites excluding steroid dienone is 1. The van der Waals surface area contributed by atoms with Gasteiger partial charge in [-0.05, 0) is 32.8 Å². The lowest BCUT2D eigenvalue weighted by Crippen LogP contribution is -2.58. The lowest BCUT2D eigenvalue weighted by atomic mass is 10.0. The Bertz CT molecular complexity index is 697. The first-order valence-corrected chi connectivity index (χ1v) is 17.7. The maximum Gasteiger partial charge on any atom is 0.311 e. The topological polar surface area (TPSA) is 115 Å². The first kappa shape index (κ1) is 41.1. The van der Waals surface area contributed by atoms with Crippen LogP contribution in [-0.4, -0.2) is 58.8 Å². The van der Waals surface area contributed by atoms with Gasteiger partial charge < -0.3 is 24.6 Å². The summed E-state index contributed by atoms with van der Waals surface area (Å²) in [6.07, 6.45) is 30.6. The van der Waals surface area contributed by atoms with Gasteiger partial charge in [0.1, 0.15) is 11.8 Å². The van der Waals surface area contributed by atoms with Crippen molar-refractivity contribution in [3.05, 3.63) is 12.2 Å². The minimum absolute atomic E-state index is 0.103. The van der Waals surface area contributed by atoms with Crippen LogP contribution in [-0.2, 0) is 14.4 Å². The van der Waals surface area contributed by atoms with Crippen molar-refractivity contribution in [3.8, 4) is 0 Å². The third kappa shape index (κ3) is 23.2. The summed E-state index contributed by atoms with van der Waals surface area (Å²) in [7, 11) is 0. The molecule has 0 aromatic carbocycles. The predicted molar refractivity (Wildman–Crippen MR) is 175 cm³/mol. The fourth-order valence-electron chi connectivity index (χ4n) is 6.18. The van der Waals surface area contributed by atoms with Crippen LogP contribution in [0.3, 0.4) is 0 Å². The third-order valence-electron chi connectivity index (χ3n) is 8.86. The van der Waals surface area contributed by atoms with E-state index in [4.69, 9.17) is 0 Å². The van der Waals surface area contributed by atoms with Crippen molar-refractivity contribution in [2.45, 2.75) is 156 Å². The molecular formula is C36H67NO6. The Balaban J connectivity index is 4.20. The van der Waals surface area contributed by atoms with Crippen molar-refractivity contribution in [1.82, 2.24) is 0 Å².